The first kappa shape index (κ1) is 10.5. The predicted molar refractivity (Wildman–Crippen MR) is 48.7 cm³/mol. The third kappa shape index (κ3) is 2.46. The summed E-state index contributed by atoms with van der Waals surface area (Å²) in [5, 5.41) is 10.4. The molecule has 0 aromatic carbocycles. The number of hydrogen-bond acceptors (Lipinski definition) is 3. The van der Waals surface area contributed by atoms with Crippen molar-refractivity contribution in [1.82, 2.24) is 10.2 Å². The fourth-order valence-electron chi connectivity index (χ4n) is 1.63. The van der Waals surface area contributed by atoms with Gasteiger partial charge in [-0.3, -0.25) is 14.9 Å². The van der Waals surface area contributed by atoms with Gasteiger partial charge in [-0.25, -0.2) is 0 Å². The van der Waals surface area contributed by atoms with Crippen LogP contribution in [-0.2, 0) is 9.59 Å². The molecule has 14 heavy (non-hydrogen) atoms. The van der Waals surface area contributed by atoms with E-state index in [9.17, 15) is 9.59 Å². The van der Waals surface area contributed by atoms with Gasteiger partial charge in [-0.05, 0) is 12.8 Å². The highest BCUT2D eigenvalue weighted by Gasteiger charge is 2.26. The lowest BCUT2D eigenvalue weighted by molar-refractivity contribution is -0.133. The van der Waals surface area contributed by atoms with Crippen LogP contribution in [0.5, 0.6) is 0 Å². The number of piperidine rings is 1. The highest BCUT2D eigenvalue weighted by Crippen LogP contribution is 2.16. The van der Waals surface area contributed by atoms with Gasteiger partial charge in [-0.15, -0.1) is 0 Å². The number of nitrogens with zero attached hydrogens (tertiary/aromatic N) is 2. The molecule has 1 saturated heterocycles. The van der Waals surface area contributed by atoms with Gasteiger partial charge in [0.05, 0.1) is 5.92 Å². The van der Waals surface area contributed by atoms with E-state index in [0.29, 0.717) is 13.1 Å². The first-order valence-electron chi connectivity index (χ1n) is 4.59. The first-order chi connectivity index (χ1) is 6.65. The minimum atomic E-state index is -0.279. The van der Waals surface area contributed by atoms with E-state index in [4.69, 9.17) is 5.26 Å². The molecule has 1 heterocycles. The average Bonchev–Trinajstić information content (AvgIpc) is 2.18. The van der Waals surface area contributed by atoms with Crippen molar-refractivity contribution in [3.05, 3.63) is 0 Å². The van der Waals surface area contributed by atoms with Crippen LogP contribution in [0.25, 0.3) is 0 Å². The zero-order valence-corrected chi connectivity index (χ0v) is 8.12. The van der Waals surface area contributed by atoms with Crippen LogP contribution in [0, 0.1) is 17.4 Å². The average molecular weight is 195 g/mol. The zero-order valence-electron chi connectivity index (χ0n) is 8.12. The summed E-state index contributed by atoms with van der Waals surface area (Å²) in [5.74, 6) is -0.523. The summed E-state index contributed by atoms with van der Waals surface area (Å²) in [6.07, 6.45) is 3.18. The molecule has 0 aromatic heterocycles. The van der Waals surface area contributed by atoms with Gasteiger partial charge in [-0.2, -0.15) is 5.26 Å². The molecule has 1 aliphatic heterocycles. The maximum absolute atomic E-state index is 11.3. The second-order valence-corrected chi connectivity index (χ2v) is 3.41. The number of amides is 2. The molecule has 0 spiro atoms. The van der Waals surface area contributed by atoms with Crippen LogP contribution in [0.3, 0.4) is 0 Å². The number of nitrogens with one attached hydrogen (secondary N) is 1. The fraction of sp³-hybridized carbons (Fsp3) is 0.667. The van der Waals surface area contributed by atoms with E-state index in [1.165, 1.54) is 6.92 Å². The summed E-state index contributed by atoms with van der Waals surface area (Å²) in [4.78, 5) is 24.0. The maximum Gasteiger partial charge on any atom is 0.237 e. The second kappa shape index (κ2) is 4.61. The van der Waals surface area contributed by atoms with Crippen LogP contribution >= 0.6 is 0 Å². The number of likely N-dealkylation sites (tertiary alicyclic amines) is 1. The molecule has 5 heteroatoms. The molecule has 2 amide bonds. The Kier molecular flexibility index (Phi) is 3.46. The lowest BCUT2D eigenvalue weighted by Gasteiger charge is -2.30. The normalized spacial score (nSPS) is 21.1. The van der Waals surface area contributed by atoms with Crippen molar-refractivity contribution in [3.8, 4) is 6.19 Å². The summed E-state index contributed by atoms with van der Waals surface area (Å²) < 4.78 is 0. The SMILES string of the molecule is CC(=O)N1CCCC(C(=O)NC#N)C1. The van der Waals surface area contributed by atoms with Gasteiger partial charge in [0.1, 0.15) is 0 Å². The number of carbonyl (C=O) groups excluding carboxylic acids is 2. The maximum atomic E-state index is 11.3. The van der Waals surface area contributed by atoms with E-state index in [0.717, 1.165) is 12.8 Å². The molecule has 1 atom stereocenters. The molecule has 76 valence electrons. The van der Waals surface area contributed by atoms with Gasteiger partial charge in [0, 0.05) is 20.0 Å². The van der Waals surface area contributed by atoms with Crippen molar-refractivity contribution in [2.24, 2.45) is 5.92 Å². The standard InChI is InChI=1S/C9H13N3O2/c1-7(13)12-4-2-3-8(5-12)9(14)11-6-10/h8H,2-5H2,1H3,(H,11,14). The molecule has 1 rings (SSSR count). The van der Waals surface area contributed by atoms with Crippen molar-refractivity contribution >= 4 is 11.8 Å². The predicted octanol–water partition coefficient (Wildman–Crippen LogP) is -0.158. The number of rotatable bonds is 1. The highest BCUT2D eigenvalue weighted by molar-refractivity contribution is 5.81. The third-order valence-electron chi connectivity index (χ3n) is 2.42. The number of hydrogen-bond donors (Lipinski definition) is 1. The van der Waals surface area contributed by atoms with Crippen molar-refractivity contribution in [1.29, 1.82) is 5.26 Å². The molecular formula is C9H13N3O2. The van der Waals surface area contributed by atoms with Crippen molar-refractivity contribution < 1.29 is 9.59 Å². The van der Waals surface area contributed by atoms with Gasteiger partial charge in [-0.1, -0.05) is 0 Å². The van der Waals surface area contributed by atoms with Crippen LogP contribution in [-0.4, -0.2) is 29.8 Å². The minimum absolute atomic E-state index is 0.0144. The fourth-order valence-corrected chi connectivity index (χ4v) is 1.63. The van der Waals surface area contributed by atoms with Crippen molar-refractivity contribution in [2.75, 3.05) is 13.1 Å². The summed E-state index contributed by atoms with van der Waals surface area (Å²) in [7, 11) is 0. The van der Waals surface area contributed by atoms with Gasteiger partial charge in [0.25, 0.3) is 0 Å². The molecular weight excluding hydrogens is 182 g/mol. The molecule has 0 aliphatic carbocycles. The zero-order chi connectivity index (χ0) is 10.6. The summed E-state index contributed by atoms with van der Waals surface area (Å²) >= 11 is 0. The van der Waals surface area contributed by atoms with Crippen LogP contribution in [0.1, 0.15) is 19.8 Å². The van der Waals surface area contributed by atoms with Crippen LogP contribution < -0.4 is 5.32 Å². The van der Waals surface area contributed by atoms with E-state index < -0.39 is 0 Å². The monoisotopic (exact) mass is 195 g/mol. The first-order valence-corrected chi connectivity index (χ1v) is 4.59. The van der Waals surface area contributed by atoms with Crippen LogP contribution in [0.4, 0.5) is 0 Å². The Bertz CT molecular complexity index is 282. The number of nitriles is 1. The Labute approximate surface area is 82.7 Å². The topological polar surface area (TPSA) is 73.2 Å². The van der Waals surface area contributed by atoms with Crippen LogP contribution in [0.15, 0.2) is 0 Å². The summed E-state index contributed by atoms with van der Waals surface area (Å²) in [6, 6.07) is 0. The van der Waals surface area contributed by atoms with E-state index in [1.807, 2.05) is 0 Å². The molecule has 0 bridgehead atoms. The van der Waals surface area contributed by atoms with Crippen molar-refractivity contribution in [3.63, 3.8) is 0 Å². The Morgan fingerprint density at radius 2 is 2.29 bits per heavy atom. The van der Waals surface area contributed by atoms with E-state index in [2.05, 4.69) is 5.32 Å². The van der Waals surface area contributed by atoms with E-state index >= 15 is 0 Å². The lowest BCUT2D eigenvalue weighted by atomic mass is 9.97. The van der Waals surface area contributed by atoms with Gasteiger partial charge in [0.2, 0.25) is 11.8 Å². The van der Waals surface area contributed by atoms with Crippen molar-refractivity contribution in [2.45, 2.75) is 19.8 Å². The summed E-state index contributed by atoms with van der Waals surface area (Å²) in [5.41, 5.74) is 0. The van der Waals surface area contributed by atoms with E-state index in [1.54, 1.807) is 11.1 Å². The second-order valence-electron chi connectivity index (χ2n) is 3.41. The molecule has 1 unspecified atom stereocenters. The molecule has 0 aromatic rings. The summed E-state index contributed by atoms with van der Waals surface area (Å²) in [6.45, 7) is 2.64. The number of carbonyl (C=O) groups is 2. The molecule has 1 fully saturated rings. The van der Waals surface area contributed by atoms with Crippen LogP contribution in [0.2, 0.25) is 0 Å². The van der Waals surface area contributed by atoms with Gasteiger partial charge in [0.15, 0.2) is 6.19 Å². The molecule has 5 nitrogen and oxygen atoms in total. The molecule has 1 N–H and O–H groups in total. The van der Waals surface area contributed by atoms with E-state index in [-0.39, 0.29) is 17.7 Å². The lowest BCUT2D eigenvalue weighted by Crippen LogP contribution is -2.43. The smallest absolute Gasteiger partial charge is 0.237 e. The third-order valence-corrected chi connectivity index (χ3v) is 2.42. The minimum Gasteiger partial charge on any atom is -0.342 e. The molecule has 0 radical (unpaired) electrons. The van der Waals surface area contributed by atoms with Gasteiger partial charge < -0.3 is 4.90 Å². The Morgan fingerprint density at radius 3 is 2.86 bits per heavy atom. The quantitative estimate of drug-likeness (QED) is 0.467. The Balaban J connectivity index is 2.52. The molecule has 1 aliphatic rings. The highest BCUT2D eigenvalue weighted by atomic mass is 16.2. The van der Waals surface area contributed by atoms with Gasteiger partial charge >= 0.3 is 0 Å². The Hall–Kier alpha value is -1.57. The Morgan fingerprint density at radius 1 is 1.57 bits per heavy atom. The molecule has 0 saturated carbocycles. The largest absolute Gasteiger partial charge is 0.342 e.